The second-order valence-electron chi connectivity index (χ2n) is 8.56. The number of ether oxygens (including phenoxy) is 1. The van der Waals surface area contributed by atoms with Gasteiger partial charge in [-0.2, -0.15) is 11.8 Å². The van der Waals surface area contributed by atoms with Crippen LogP contribution in [0.4, 0.5) is 0 Å². The second-order valence-corrected chi connectivity index (χ2v) is 9.60. The number of nitrogens with two attached hydrogens (primary N) is 1. The molecule has 3 rings (SSSR count). The van der Waals surface area contributed by atoms with Gasteiger partial charge in [-0.3, -0.25) is 14.4 Å². The lowest BCUT2D eigenvalue weighted by atomic mass is 9.82. The van der Waals surface area contributed by atoms with Crippen molar-refractivity contribution in [1.29, 1.82) is 0 Å². The number of Topliss-reactive ketones (excluding diaryl/α,β-unsaturated/α-hetero) is 2. The Balaban J connectivity index is 1.92. The Morgan fingerprint density at radius 3 is 2.49 bits per heavy atom. The van der Waals surface area contributed by atoms with Crippen LogP contribution >= 0.6 is 11.8 Å². The summed E-state index contributed by atoms with van der Waals surface area (Å²) < 4.78 is 5.71. The molecule has 2 aromatic rings. The molecular weight excluding hydrogens is 464 g/mol. The molecule has 186 valence electrons. The maximum Gasteiger partial charge on any atom is 0.320 e. The van der Waals surface area contributed by atoms with Crippen molar-refractivity contribution in [1.82, 2.24) is 5.32 Å². The fourth-order valence-corrected chi connectivity index (χ4v) is 5.00. The number of thioether (sulfide) groups is 1. The van der Waals surface area contributed by atoms with Crippen molar-refractivity contribution in [2.45, 2.75) is 43.7 Å². The molecule has 0 saturated carbocycles. The second kappa shape index (κ2) is 12.8. The van der Waals surface area contributed by atoms with E-state index in [1.807, 2.05) is 61.5 Å². The van der Waals surface area contributed by atoms with Gasteiger partial charge in [0.2, 0.25) is 0 Å². The molecule has 7 nitrogen and oxygen atoms in total. The summed E-state index contributed by atoms with van der Waals surface area (Å²) in [7, 11) is 0. The highest BCUT2D eigenvalue weighted by Crippen LogP contribution is 2.33. The number of hydrogen-bond acceptors (Lipinski definition) is 7. The minimum atomic E-state index is -1.14. The Hall–Kier alpha value is -2.78. The molecule has 3 unspecified atom stereocenters. The molecule has 0 spiro atoms. The third kappa shape index (κ3) is 6.89. The topological polar surface area (TPSA) is 119 Å². The largest absolute Gasteiger partial charge is 0.480 e. The van der Waals surface area contributed by atoms with Crippen molar-refractivity contribution in [3.63, 3.8) is 0 Å². The Morgan fingerprint density at radius 1 is 1.14 bits per heavy atom. The van der Waals surface area contributed by atoms with E-state index in [-0.39, 0.29) is 24.6 Å². The van der Waals surface area contributed by atoms with Crippen LogP contribution in [0.1, 0.15) is 29.5 Å². The van der Waals surface area contributed by atoms with Crippen LogP contribution in [0, 0.1) is 6.92 Å². The van der Waals surface area contributed by atoms with E-state index < -0.39 is 23.3 Å². The molecule has 3 atom stereocenters. The lowest BCUT2D eigenvalue weighted by molar-refractivity contribution is -0.138. The van der Waals surface area contributed by atoms with Gasteiger partial charge in [-0.1, -0.05) is 54.6 Å². The summed E-state index contributed by atoms with van der Waals surface area (Å²) in [5.41, 5.74) is 9.69. The molecule has 8 heteroatoms. The Labute approximate surface area is 210 Å². The van der Waals surface area contributed by atoms with E-state index in [1.54, 1.807) is 6.26 Å². The number of carboxylic acid groups (broad SMARTS) is 1. The molecule has 0 aromatic heterocycles. The highest BCUT2D eigenvalue weighted by atomic mass is 32.2. The molecule has 35 heavy (non-hydrogen) atoms. The normalized spacial score (nSPS) is 17.6. The minimum absolute atomic E-state index is 0.0200. The third-order valence-electron chi connectivity index (χ3n) is 6.11. The van der Waals surface area contributed by atoms with E-state index in [0.717, 1.165) is 16.7 Å². The van der Waals surface area contributed by atoms with Gasteiger partial charge in [0.1, 0.15) is 12.6 Å². The van der Waals surface area contributed by atoms with Gasteiger partial charge in [0.05, 0.1) is 17.9 Å². The summed E-state index contributed by atoms with van der Waals surface area (Å²) in [6.45, 7) is 2.62. The van der Waals surface area contributed by atoms with Crippen LogP contribution in [0.25, 0.3) is 5.57 Å². The van der Waals surface area contributed by atoms with Gasteiger partial charge in [-0.15, -0.1) is 0 Å². The molecule has 0 fully saturated rings. The van der Waals surface area contributed by atoms with Gasteiger partial charge < -0.3 is 20.9 Å². The monoisotopic (exact) mass is 496 g/mol. The van der Waals surface area contributed by atoms with Crippen LogP contribution < -0.4 is 11.1 Å². The molecule has 2 aromatic carbocycles. The van der Waals surface area contributed by atoms with E-state index in [0.29, 0.717) is 30.7 Å². The van der Waals surface area contributed by atoms with E-state index in [9.17, 15) is 19.5 Å². The van der Waals surface area contributed by atoms with Crippen molar-refractivity contribution < 1.29 is 24.2 Å². The van der Waals surface area contributed by atoms with Crippen molar-refractivity contribution in [2.24, 2.45) is 5.73 Å². The number of nitrogens with one attached hydrogen (secondary N) is 1. The summed E-state index contributed by atoms with van der Waals surface area (Å²) in [6, 6.07) is 15.4. The van der Waals surface area contributed by atoms with E-state index in [1.165, 1.54) is 11.8 Å². The maximum absolute atomic E-state index is 13.7. The Bertz CT molecular complexity index is 1090. The fourth-order valence-electron chi connectivity index (χ4n) is 4.24. The van der Waals surface area contributed by atoms with E-state index >= 15 is 0 Å². The third-order valence-corrected chi connectivity index (χ3v) is 7.09. The number of rotatable bonds is 12. The van der Waals surface area contributed by atoms with Gasteiger partial charge in [0.25, 0.3) is 0 Å². The first-order chi connectivity index (χ1) is 16.8. The minimum Gasteiger partial charge on any atom is -0.480 e. The van der Waals surface area contributed by atoms with Crippen molar-refractivity contribution in [3.05, 3.63) is 76.9 Å². The number of aliphatic carboxylic acids is 1. The number of carboxylic acids is 1. The van der Waals surface area contributed by atoms with Gasteiger partial charge >= 0.3 is 5.97 Å². The molecular formula is C27H32N2O5S. The zero-order valence-electron chi connectivity index (χ0n) is 20.0. The van der Waals surface area contributed by atoms with Crippen LogP contribution in [0.15, 0.2) is 60.2 Å². The van der Waals surface area contributed by atoms with Crippen LogP contribution in [-0.2, 0) is 25.7 Å². The Kier molecular flexibility index (Phi) is 9.80. The zero-order chi connectivity index (χ0) is 25.4. The number of carbonyl (C=O) groups is 3. The number of aryl methyl sites for hydroxylation is 1. The zero-order valence-corrected chi connectivity index (χ0v) is 20.8. The molecule has 0 aliphatic carbocycles. The SMILES string of the molecule is CSC(CC(N)C(=O)O)C(=O)C1=C(c2ccccc2C)C(C(=O)COCc2ccccc2)NCC1. The molecule has 1 heterocycles. The summed E-state index contributed by atoms with van der Waals surface area (Å²) in [4.78, 5) is 38.3. The summed E-state index contributed by atoms with van der Waals surface area (Å²) in [5.74, 6) is -1.47. The van der Waals surface area contributed by atoms with Crippen molar-refractivity contribution in [3.8, 4) is 0 Å². The van der Waals surface area contributed by atoms with Crippen LogP contribution in [-0.4, -0.2) is 59.4 Å². The summed E-state index contributed by atoms with van der Waals surface area (Å²) >= 11 is 1.28. The molecule has 1 aliphatic heterocycles. The van der Waals surface area contributed by atoms with Gasteiger partial charge in [0.15, 0.2) is 11.6 Å². The van der Waals surface area contributed by atoms with Crippen molar-refractivity contribution >= 4 is 34.9 Å². The van der Waals surface area contributed by atoms with Gasteiger partial charge in [-0.05, 0) is 48.3 Å². The number of hydrogen-bond donors (Lipinski definition) is 3. The molecule has 0 bridgehead atoms. The average molecular weight is 497 g/mol. The maximum atomic E-state index is 13.7. The van der Waals surface area contributed by atoms with E-state index in [4.69, 9.17) is 10.5 Å². The average Bonchev–Trinajstić information content (AvgIpc) is 2.87. The number of carbonyl (C=O) groups excluding carboxylic acids is 2. The molecule has 0 radical (unpaired) electrons. The van der Waals surface area contributed by atoms with Crippen LogP contribution in [0.2, 0.25) is 0 Å². The summed E-state index contributed by atoms with van der Waals surface area (Å²) in [6.07, 6.45) is 2.23. The van der Waals surface area contributed by atoms with Gasteiger partial charge in [-0.25, -0.2) is 0 Å². The van der Waals surface area contributed by atoms with E-state index in [2.05, 4.69) is 5.32 Å². The first-order valence-electron chi connectivity index (χ1n) is 11.6. The molecule has 0 saturated heterocycles. The first kappa shape index (κ1) is 26.8. The molecule has 1 aliphatic rings. The van der Waals surface area contributed by atoms with Gasteiger partial charge in [0, 0.05) is 12.1 Å². The number of ketones is 2. The smallest absolute Gasteiger partial charge is 0.320 e. The standard InChI is InChI=1S/C27H32N2O5S/c1-17-8-6-7-11-19(17)24-20(26(31)23(35-2)14-21(28)27(32)33)12-13-29-25(24)22(30)16-34-15-18-9-4-3-5-10-18/h3-11,21,23,25,29H,12-16,28H2,1-2H3,(H,32,33). The van der Waals surface area contributed by atoms with Crippen LogP contribution in [0.5, 0.6) is 0 Å². The molecule has 0 amide bonds. The predicted octanol–water partition coefficient (Wildman–Crippen LogP) is 3.00. The lowest BCUT2D eigenvalue weighted by Gasteiger charge is -2.31. The van der Waals surface area contributed by atoms with Crippen molar-refractivity contribution in [2.75, 3.05) is 19.4 Å². The highest BCUT2D eigenvalue weighted by molar-refractivity contribution is 7.99. The van der Waals surface area contributed by atoms with Crippen LogP contribution in [0.3, 0.4) is 0 Å². The quantitative estimate of drug-likeness (QED) is 0.410. The fraction of sp³-hybridized carbons (Fsp3) is 0.370. The first-order valence-corrected chi connectivity index (χ1v) is 12.8. The Morgan fingerprint density at radius 2 is 1.83 bits per heavy atom. The highest BCUT2D eigenvalue weighted by Gasteiger charge is 2.35. The molecule has 4 N–H and O–H groups in total. The lowest BCUT2D eigenvalue weighted by Crippen LogP contribution is -2.45. The number of benzene rings is 2. The predicted molar refractivity (Wildman–Crippen MR) is 138 cm³/mol. The summed E-state index contributed by atoms with van der Waals surface area (Å²) in [5, 5.41) is 11.9.